The maximum absolute atomic E-state index is 9.58. The van der Waals surface area contributed by atoms with E-state index in [0.717, 1.165) is 4.47 Å². The van der Waals surface area contributed by atoms with Crippen LogP contribution < -0.4 is 10.5 Å². The van der Waals surface area contributed by atoms with Crippen molar-refractivity contribution in [2.24, 2.45) is 0 Å². The van der Waals surface area contributed by atoms with E-state index >= 15 is 0 Å². The summed E-state index contributed by atoms with van der Waals surface area (Å²) in [6, 6.07) is 14.5. The van der Waals surface area contributed by atoms with Crippen molar-refractivity contribution in [3.05, 3.63) is 62.5 Å². The second kappa shape index (κ2) is 7.55. The molecule has 1 aromatic heterocycles. The van der Waals surface area contributed by atoms with Crippen LogP contribution in [0.25, 0.3) is 22.4 Å². The van der Waals surface area contributed by atoms with Crippen LogP contribution in [0.3, 0.4) is 0 Å². The number of anilines is 1. The molecule has 130 valence electrons. The van der Waals surface area contributed by atoms with E-state index in [1.165, 1.54) is 0 Å². The van der Waals surface area contributed by atoms with Crippen molar-refractivity contribution in [1.82, 2.24) is 4.98 Å². The van der Waals surface area contributed by atoms with Crippen LogP contribution in [0.5, 0.6) is 5.75 Å². The summed E-state index contributed by atoms with van der Waals surface area (Å²) in [7, 11) is 1.57. The lowest BCUT2D eigenvalue weighted by Gasteiger charge is -2.14. The van der Waals surface area contributed by atoms with Crippen LogP contribution >= 0.6 is 39.1 Å². The molecule has 0 atom stereocenters. The molecule has 0 saturated heterocycles. The Balaban J connectivity index is 2.33. The van der Waals surface area contributed by atoms with Crippen LogP contribution in [0.4, 0.5) is 5.82 Å². The van der Waals surface area contributed by atoms with Crippen molar-refractivity contribution in [2.45, 2.75) is 0 Å². The number of pyridine rings is 1. The third-order valence-corrected chi connectivity index (χ3v) is 4.87. The third kappa shape index (κ3) is 3.49. The fraction of sp³-hybridized carbons (Fsp3) is 0.0526. The number of nitriles is 1. The number of aromatic nitrogens is 1. The Hall–Kier alpha value is -2.26. The summed E-state index contributed by atoms with van der Waals surface area (Å²) in [6.07, 6.45) is 0. The molecular weight excluding hydrogens is 437 g/mol. The third-order valence-electron chi connectivity index (χ3n) is 3.82. The number of hydrogen-bond acceptors (Lipinski definition) is 4. The van der Waals surface area contributed by atoms with Gasteiger partial charge in [-0.25, -0.2) is 4.98 Å². The van der Waals surface area contributed by atoms with Gasteiger partial charge in [0.05, 0.1) is 17.8 Å². The topological polar surface area (TPSA) is 71.9 Å². The van der Waals surface area contributed by atoms with Crippen molar-refractivity contribution in [3.63, 3.8) is 0 Å². The van der Waals surface area contributed by atoms with Gasteiger partial charge >= 0.3 is 0 Å². The largest absolute Gasteiger partial charge is 0.496 e. The molecule has 3 aromatic rings. The Morgan fingerprint density at radius 3 is 2.54 bits per heavy atom. The Labute approximate surface area is 169 Å². The quantitative estimate of drug-likeness (QED) is 0.537. The Kier molecular flexibility index (Phi) is 5.38. The number of nitrogens with zero attached hydrogens (tertiary/aromatic N) is 2. The molecule has 0 unspecified atom stereocenters. The molecule has 0 saturated carbocycles. The zero-order valence-corrected chi connectivity index (χ0v) is 16.7. The average Bonchev–Trinajstić information content (AvgIpc) is 2.63. The van der Waals surface area contributed by atoms with Gasteiger partial charge in [0, 0.05) is 26.2 Å². The van der Waals surface area contributed by atoms with Crippen LogP contribution in [-0.4, -0.2) is 12.1 Å². The molecule has 0 aliphatic heterocycles. The van der Waals surface area contributed by atoms with E-state index < -0.39 is 0 Å². The van der Waals surface area contributed by atoms with Gasteiger partial charge in [0.25, 0.3) is 0 Å². The number of nitrogen functional groups attached to an aromatic ring is 1. The smallest absolute Gasteiger partial charge is 0.142 e. The summed E-state index contributed by atoms with van der Waals surface area (Å²) in [4.78, 5) is 4.34. The Morgan fingerprint density at radius 2 is 1.85 bits per heavy atom. The van der Waals surface area contributed by atoms with E-state index in [2.05, 4.69) is 27.0 Å². The van der Waals surface area contributed by atoms with E-state index in [9.17, 15) is 5.26 Å². The van der Waals surface area contributed by atoms with Gasteiger partial charge in [0.15, 0.2) is 0 Å². The first-order chi connectivity index (χ1) is 12.4. The molecule has 7 heteroatoms. The van der Waals surface area contributed by atoms with Crippen LogP contribution in [0.2, 0.25) is 10.0 Å². The van der Waals surface area contributed by atoms with E-state index in [0.29, 0.717) is 38.2 Å². The molecule has 0 bridgehead atoms. The second-order valence-electron chi connectivity index (χ2n) is 5.40. The monoisotopic (exact) mass is 447 g/mol. The van der Waals surface area contributed by atoms with Crippen LogP contribution in [0.15, 0.2) is 46.9 Å². The summed E-state index contributed by atoms with van der Waals surface area (Å²) in [6.45, 7) is 0. The highest BCUT2D eigenvalue weighted by atomic mass is 79.9. The summed E-state index contributed by atoms with van der Waals surface area (Å²) in [5.41, 5.74) is 8.80. The maximum atomic E-state index is 9.58. The standard InChI is InChI=1S/C19H12BrCl2N3O/c1-26-18-5-2-10(20)6-13(18)12-8-17(25-19(24)15(12)9-23)14-7-11(21)3-4-16(14)22/h2-8H,1H3,(H2,24,25). The molecule has 0 aliphatic carbocycles. The lowest BCUT2D eigenvalue weighted by Crippen LogP contribution is -2.01. The molecule has 1 heterocycles. The first-order valence-electron chi connectivity index (χ1n) is 7.44. The van der Waals surface area contributed by atoms with E-state index in [1.807, 2.05) is 18.2 Å². The van der Waals surface area contributed by atoms with E-state index in [-0.39, 0.29) is 11.4 Å². The summed E-state index contributed by atoms with van der Waals surface area (Å²) >= 11 is 15.8. The van der Waals surface area contributed by atoms with E-state index in [4.69, 9.17) is 33.7 Å². The number of rotatable bonds is 3. The number of hydrogen-bond donors (Lipinski definition) is 1. The molecule has 0 radical (unpaired) electrons. The molecule has 26 heavy (non-hydrogen) atoms. The molecule has 2 aromatic carbocycles. The molecule has 0 aliphatic rings. The minimum absolute atomic E-state index is 0.109. The number of ether oxygens (including phenoxy) is 1. The van der Waals surface area contributed by atoms with Crippen LogP contribution in [0, 0.1) is 11.3 Å². The van der Waals surface area contributed by atoms with Gasteiger partial charge in [-0.05, 0) is 42.5 Å². The zero-order chi connectivity index (χ0) is 18.8. The Bertz CT molecular complexity index is 1050. The fourth-order valence-electron chi connectivity index (χ4n) is 2.62. The van der Waals surface area contributed by atoms with Crippen molar-refractivity contribution in [3.8, 4) is 34.2 Å². The lowest BCUT2D eigenvalue weighted by atomic mass is 9.97. The second-order valence-corrected chi connectivity index (χ2v) is 7.16. The van der Waals surface area contributed by atoms with Gasteiger partial charge in [-0.2, -0.15) is 5.26 Å². The van der Waals surface area contributed by atoms with Gasteiger partial charge in [0.1, 0.15) is 23.2 Å². The van der Waals surface area contributed by atoms with Crippen molar-refractivity contribution >= 4 is 44.9 Å². The van der Waals surface area contributed by atoms with Gasteiger partial charge in [-0.3, -0.25) is 0 Å². The fourth-order valence-corrected chi connectivity index (χ4v) is 3.36. The molecule has 0 spiro atoms. The molecule has 3 rings (SSSR count). The minimum atomic E-state index is 0.109. The van der Waals surface area contributed by atoms with Crippen molar-refractivity contribution < 1.29 is 4.74 Å². The predicted molar refractivity (Wildman–Crippen MR) is 109 cm³/mol. The average molecular weight is 449 g/mol. The number of nitrogens with two attached hydrogens (primary N) is 1. The SMILES string of the molecule is COc1ccc(Br)cc1-c1cc(-c2cc(Cl)ccc2Cl)nc(N)c1C#N. The maximum Gasteiger partial charge on any atom is 0.142 e. The van der Waals surface area contributed by atoms with Gasteiger partial charge in [-0.15, -0.1) is 0 Å². The summed E-state index contributed by atoms with van der Waals surface area (Å²) < 4.78 is 6.29. The van der Waals surface area contributed by atoms with Crippen LogP contribution in [0.1, 0.15) is 5.56 Å². The van der Waals surface area contributed by atoms with E-state index in [1.54, 1.807) is 31.4 Å². The number of methoxy groups -OCH3 is 1. The van der Waals surface area contributed by atoms with Crippen molar-refractivity contribution in [2.75, 3.05) is 12.8 Å². The molecule has 0 amide bonds. The first kappa shape index (κ1) is 18.5. The summed E-state index contributed by atoms with van der Waals surface area (Å²) in [5.74, 6) is 0.719. The molecular formula is C19H12BrCl2N3O. The van der Waals surface area contributed by atoms with Gasteiger partial charge < -0.3 is 10.5 Å². The highest BCUT2D eigenvalue weighted by molar-refractivity contribution is 9.10. The number of halogens is 3. The predicted octanol–water partition coefficient (Wildman–Crippen LogP) is 5.95. The van der Waals surface area contributed by atoms with Gasteiger partial charge in [-0.1, -0.05) is 39.1 Å². The first-order valence-corrected chi connectivity index (χ1v) is 8.99. The molecule has 4 nitrogen and oxygen atoms in total. The lowest BCUT2D eigenvalue weighted by molar-refractivity contribution is 0.416. The molecule has 2 N–H and O–H groups in total. The minimum Gasteiger partial charge on any atom is -0.496 e. The highest BCUT2D eigenvalue weighted by Gasteiger charge is 2.18. The number of benzene rings is 2. The zero-order valence-electron chi connectivity index (χ0n) is 13.6. The van der Waals surface area contributed by atoms with Crippen LogP contribution in [-0.2, 0) is 0 Å². The van der Waals surface area contributed by atoms with Gasteiger partial charge in [0.2, 0.25) is 0 Å². The summed E-state index contributed by atoms with van der Waals surface area (Å²) in [5, 5.41) is 10.6. The Morgan fingerprint density at radius 1 is 1.08 bits per heavy atom. The van der Waals surface area contributed by atoms with Crippen molar-refractivity contribution in [1.29, 1.82) is 5.26 Å². The normalized spacial score (nSPS) is 10.4. The highest BCUT2D eigenvalue weighted by Crippen LogP contribution is 2.39. The molecule has 0 fully saturated rings.